The summed E-state index contributed by atoms with van der Waals surface area (Å²) in [6, 6.07) is 7.76. The first-order valence-corrected chi connectivity index (χ1v) is 9.70. The molecule has 0 saturated carbocycles. The molecular formula is C20H26N6O3. The van der Waals surface area contributed by atoms with E-state index in [-0.39, 0.29) is 11.6 Å². The Balaban J connectivity index is 1.94. The van der Waals surface area contributed by atoms with Crippen LogP contribution in [0.4, 0.5) is 5.95 Å². The Hall–Kier alpha value is -3.07. The maximum atomic E-state index is 13.0. The van der Waals surface area contributed by atoms with Gasteiger partial charge in [0.15, 0.2) is 11.2 Å². The van der Waals surface area contributed by atoms with Crippen molar-refractivity contribution < 1.29 is 4.74 Å². The van der Waals surface area contributed by atoms with E-state index in [1.165, 1.54) is 11.6 Å². The molecule has 2 N–H and O–H groups in total. The summed E-state index contributed by atoms with van der Waals surface area (Å²) in [7, 11) is 4.75. The lowest BCUT2D eigenvalue weighted by Crippen LogP contribution is -2.44. The Bertz CT molecular complexity index is 1180. The van der Waals surface area contributed by atoms with E-state index >= 15 is 0 Å². The molecule has 9 heteroatoms. The zero-order valence-electron chi connectivity index (χ0n) is 17.0. The standard InChI is InChI=1S/C20H26N6O3/c1-23-17-16(18(27)24(2)20(23)28)26(11-13-6-4-8-15(10-13)29-3)19(22-17)25-9-5-7-14(21)12-25/h4,6,8,10,14H,5,7,9,11-12,21H2,1-3H3. The quantitative estimate of drug-likeness (QED) is 0.684. The van der Waals surface area contributed by atoms with Crippen molar-refractivity contribution in [2.24, 2.45) is 19.8 Å². The van der Waals surface area contributed by atoms with Crippen LogP contribution in [0.5, 0.6) is 5.75 Å². The van der Waals surface area contributed by atoms with Gasteiger partial charge < -0.3 is 15.4 Å². The Morgan fingerprint density at radius 3 is 2.76 bits per heavy atom. The lowest BCUT2D eigenvalue weighted by molar-refractivity contribution is 0.414. The molecule has 1 atom stereocenters. The fraction of sp³-hybridized carbons (Fsp3) is 0.450. The van der Waals surface area contributed by atoms with E-state index in [0.717, 1.165) is 35.3 Å². The second-order valence-electron chi connectivity index (χ2n) is 7.58. The lowest BCUT2D eigenvalue weighted by atomic mass is 10.1. The predicted octanol–water partition coefficient (Wildman–Crippen LogP) is 0.418. The van der Waals surface area contributed by atoms with Crippen LogP contribution in [-0.2, 0) is 20.6 Å². The molecule has 0 aliphatic carbocycles. The van der Waals surface area contributed by atoms with Gasteiger partial charge in [0.1, 0.15) is 5.75 Å². The zero-order valence-corrected chi connectivity index (χ0v) is 17.0. The number of nitrogens with two attached hydrogens (primary N) is 1. The van der Waals surface area contributed by atoms with Gasteiger partial charge in [-0.25, -0.2) is 4.79 Å². The van der Waals surface area contributed by atoms with E-state index < -0.39 is 5.69 Å². The molecule has 0 amide bonds. The van der Waals surface area contributed by atoms with Crippen LogP contribution < -0.4 is 26.6 Å². The average Bonchev–Trinajstić information content (AvgIpc) is 3.10. The van der Waals surface area contributed by atoms with Gasteiger partial charge in [0.05, 0.1) is 13.7 Å². The highest BCUT2D eigenvalue weighted by molar-refractivity contribution is 5.75. The number of aryl methyl sites for hydroxylation is 1. The summed E-state index contributed by atoms with van der Waals surface area (Å²) in [5.74, 6) is 1.41. The molecule has 1 fully saturated rings. The Morgan fingerprint density at radius 2 is 2.03 bits per heavy atom. The Labute approximate surface area is 167 Å². The summed E-state index contributed by atoms with van der Waals surface area (Å²) in [5, 5.41) is 0. The number of imidazole rings is 1. The van der Waals surface area contributed by atoms with Gasteiger partial charge in [-0.2, -0.15) is 4.98 Å². The van der Waals surface area contributed by atoms with Crippen molar-refractivity contribution in [3.63, 3.8) is 0 Å². The smallest absolute Gasteiger partial charge is 0.332 e. The number of piperidine rings is 1. The lowest BCUT2D eigenvalue weighted by Gasteiger charge is -2.31. The average molecular weight is 398 g/mol. The Morgan fingerprint density at radius 1 is 1.24 bits per heavy atom. The topological polar surface area (TPSA) is 100 Å². The van der Waals surface area contributed by atoms with Gasteiger partial charge in [0, 0.05) is 33.2 Å². The number of rotatable bonds is 4. The Kier molecular flexibility index (Phi) is 4.91. The highest BCUT2D eigenvalue weighted by atomic mass is 16.5. The van der Waals surface area contributed by atoms with Crippen LogP contribution in [0.25, 0.3) is 11.2 Å². The van der Waals surface area contributed by atoms with Crippen LogP contribution in [0.3, 0.4) is 0 Å². The first kappa shape index (κ1) is 19.3. The zero-order chi connectivity index (χ0) is 20.7. The van der Waals surface area contributed by atoms with Gasteiger partial charge >= 0.3 is 5.69 Å². The normalized spacial score (nSPS) is 17.1. The summed E-state index contributed by atoms with van der Waals surface area (Å²) in [4.78, 5) is 32.3. The molecule has 1 unspecified atom stereocenters. The summed E-state index contributed by atoms with van der Waals surface area (Å²) in [6.07, 6.45) is 1.92. The van der Waals surface area contributed by atoms with Crippen molar-refractivity contribution in [1.29, 1.82) is 0 Å². The minimum Gasteiger partial charge on any atom is -0.497 e. The first-order chi connectivity index (χ1) is 13.9. The molecule has 9 nitrogen and oxygen atoms in total. The van der Waals surface area contributed by atoms with Gasteiger partial charge in [-0.05, 0) is 30.5 Å². The first-order valence-electron chi connectivity index (χ1n) is 9.70. The molecule has 0 radical (unpaired) electrons. The van der Waals surface area contributed by atoms with Crippen LogP contribution >= 0.6 is 0 Å². The van der Waals surface area contributed by atoms with E-state index in [1.807, 2.05) is 28.8 Å². The van der Waals surface area contributed by atoms with E-state index in [9.17, 15) is 9.59 Å². The van der Waals surface area contributed by atoms with Crippen LogP contribution in [0, 0.1) is 0 Å². The van der Waals surface area contributed by atoms with Crippen molar-refractivity contribution in [2.45, 2.75) is 25.4 Å². The summed E-state index contributed by atoms with van der Waals surface area (Å²) in [6.45, 7) is 1.90. The number of nitrogens with zero attached hydrogens (tertiary/aromatic N) is 5. The molecule has 3 heterocycles. The number of fused-ring (bicyclic) bond motifs is 1. The number of hydrogen-bond donors (Lipinski definition) is 1. The molecule has 1 aliphatic rings. The van der Waals surface area contributed by atoms with Gasteiger partial charge in [0.2, 0.25) is 5.95 Å². The molecule has 0 spiro atoms. The van der Waals surface area contributed by atoms with Gasteiger partial charge in [-0.15, -0.1) is 0 Å². The fourth-order valence-corrected chi connectivity index (χ4v) is 3.97. The molecule has 1 aromatic carbocycles. The second kappa shape index (κ2) is 7.40. The molecule has 2 aromatic heterocycles. The third-order valence-electron chi connectivity index (χ3n) is 5.54. The number of anilines is 1. The molecule has 0 bridgehead atoms. The van der Waals surface area contributed by atoms with E-state index in [4.69, 9.17) is 15.5 Å². The fourth-order valence-electron chi connectivity index (χ4n) is 3.97. The molecule has 4 rings (SSSR count). The third-order valence-corrected chi connectivity index (χ3v) is 5.54. The summed E-state index contributed by atoms with van der Waals surface area (Å²) in [5.41, 5.74) is 7.21. The predicted molar refractivity (Wildman–Crippen MR) is 112 cm³/mol. The number of aromatic nitrogens is 4. The number of ether oxygens (including phenoxy) is 1. The van der Waals surface area contributed by atoms with E-state index in [1.54, 1.807) is 14.2 Å². The van der Waals surface area contributed by atoms with Crippen molar-refractivity contribution in [3.05, 3.63) is 50.7 Å². The number of hydrogen-bond acceptors (Lipinski definition) is 6. The molecule has 1 aliphatic heterocycles. The largest absolute Gasteiger partial charge is 0.497 e. The molecular weight excluding hydrogens is 372 g/mol. The van der Waals surface area contributed by atoms with Crippen molar-refractivity contribution >= 4 is 17.1 Å². The van der Waals surface area contributed by atoms with Gasteiger partial charge in [-0.3, -0.25) is 18.5 Å². The summed E-state index contributed by atoms with van der Waals surface area (Å²) < 4.78 is 9.78. The monoisotopic (exact) mass is 398 g/mol. The van der Waals surface area contributed by atoms with E-state index in [2.05, 4.69) is 4.90 Å². The van der Waals surface area contributed by atoms with Gasteiger partial charge in [-0.1, -0.05) is 12.1 Å². The van der Waals surface area contributed by atoms with Crippen molar-refractivity contribution in [1.82, 2.24) is 18.7 Å². The third kappa shape index (κ3) is 3.31. The molecule has 29 heavy (non-hydrogen) atoms. The minimum atomic E-state index is -0.393. The highest BCUT2D eigenvalue weighted by Crippen LogP contribution is 2.25. The van der Waals surface area contributed by atoms with Crippen molar-refractivity contribution in [2.75, 3.05) is 25.1 Å². The molecule has 154 valence electrons. The van der Waals surface area contributed by atoms with Gasteiger partial charge in [0.25, 0.3) is 5.56 Å². The molecule has 3 aromatic rings. The highest BCUT2D eigenvalue weighted by Gasteiger charge is 2.26. The van der Waals surface area contributed by atoms with E-state index in [0.29, 0.717) is 30.2 Å². The van der Waals surface area contributed by atoms with Crippen LogP contribution in [0.15, 0.2) is 33.9 Å². The number of benzene rings is 1. The maximum Gasteiger partial charge on any atom is 0.332 e. The van der Waals surface area contributed by atoms with Crippen LogP contribution in [0.1, 0.15) is 18.4 Å². The van der Waals surface area contributed by atoms with Crippen molar-refractivity contribution in [3.8, 4) is 5.75 Å². The number of methoxy groups -OCH3 is 1. The minimum absolute atomic E-state index is 0.0560. The molecule has 1 saturated heterocycles. The second-order valence-corrected chi connectivity index (χ2v) is 7.58. The maximum absolute atomic E-state index is 13.0. The van der Waals surface area contributed by atoms with Crippen LogP contribution in [-0.4, -0.2) is 44.9 Å². The summed E-state index contributed by atoms with van der Waals surface area (Å²) >= 11 is 0. The SMILES string of the molecule is COc1cccc(Cn2c(N3CCCC(N)C3)nc3c2c(=O)n(C)c(=O)n3C)c1. The van der Waals surface area contributed by atoms with Crippen LogP contribution in [0.2, 0.25) is 0 Å².